The summed E-state index contributed by atoms with van der Waals surface area (Å²) in [6, 6.07) is 5.67. The summed E-state index contributed by atoms with van der Waals surface area (Å²) >= 11 is 0. The molecular weight excluding hydrogens is 452 g/mol. The molecule has 1 aromatic carbocycles. The van der Waals surface area contributed by atoms with Gasteiger partial charge in [-0.1, -0.05) is 0 Å². The average molecular weight is 484 g/mol. The van der Waals surface area contributed by atoms with Crippen LogP contribution in [0.1, 0.15) is 51.6 Å². The monoisotopic (exact) mass is 483 g/mol. The van der Waals surface area contributed by atoms with Crippen LogP contribution in [0.2, 0.25) is 0 Å². The van der Waals surface area contributed by atoms with E-state index in [0.29, 0.717) is 43.9 Å². The highest BCUT2D eigenvalue weighted by Crippen LogP contribution is 2.32. The lowest BCUT2D eigenvalue weighted by atomic mass is 9.93. The van der Waals surface area contributed by atoms with Crippen molar-refractivity contribution in [1.82, 2.24) is 15.0 Å². The van der Waals surface area contributed by atoms with Crippen LogP contribution in [-0.4, -0.2) is 50.9 Å². The molecule has 2 fully saturated rings. The second kappa shape index (κ2) is 9.53. The van der Waals surface area contributed by atoms with Gasteiger partial charge in [0.25, 0.3) is 0 Å². The van der Waals surface area contributed by atoms with E-state index in [1.807, 2.05) is 6.07 Å². The van der Waals surface area contributed by atoms with Crippen LogP contribution in [0.25, 0.3) is 11.0 Å². The molecule has 0 amide bonds. The molecule has 1 aliphatic carbocycles. The molecule has 0 spiro atoms. The van der Waals surface area contributed by atoms with Crippen LogP contribution in [-0.2, 0) is 6.42 Å². The van der Waals surface area contributed by atoms with Gasteiger partial charge < -0.3 is 20.1 Å². The molecule has 3 heterocycles. The van der Waals surface area contributed by atoms with E-state index < -0.39 is 17.2 Å². The fraction of sp³-hybridized carbons (Fsp3) is 0.500. The molecule has 2 aromatic heterocycles. The third-order valence-corrected chi connectivity index (χ3v) is 6.58. The summed E-state index contributed by atoms with van der Waals surface area (Å²) < 4.78 is 33.0. The molecule has 7 nitrogen and oxygen atoms in total. The number of hydrogen-bond donors (Lipinski definition) is 2. The van der Waals surface area contributed by atoms with Crippen molar-refractivity contribution >= 4 is 22.7 Å². The van der Waals surface area contributed by atoms with E-state index in [1.54, 1.807) is 20.0 Å². The predicted octanol–water partition coefficient (Wildman–Crippen LogP) is 4.63. The number of fused-ring (bicyclic) bond motifs is 1. The minimum Gasteiger partial charge on any atom is -0.487 e. The zero-order chi connectivity index (χ0) is 24.6. The number of benzene rings is 1. The van der Waals surface area contributed by atoms with E-state index in [9.17, 15) is 13.9 Å². The molecule has 35 heavy (non-hydrogen) atoms. The van der Waals surface area contributed by atoms with E-state index in [2.05, 4.69) is 15.2 Å². The van der Waals surface area contributed by atoms with Gasteiger partial charge in [0.2, 0.25) is 0 Å². The first kappa shape index (κ1) is 23.7. The van der Waals surface area contributed by atoms with Crippen LogP contribution in [0.15, 0.2) is 30.5 Å². The number of hydrogen-bond acceptors (Lipinski definition) is 7. The minimum atomic E-state index is -0.857. The van der Waals surface area contributed by atoms with E-state index in [0.717, 1.165) is 41.8 Å². The maximum absolute atomic E-state index is 14.0. The Morgan fingerprint density at radius 1 is 1.09 bits per heavy atom. The molecule has 0 radical (unpaired) electrons. The van der Waals surface area contributed by atoms with E-state index in [-0.39, 0.29) is 11.9 Å². The number of ether oxygens (including phenoxy) is 1. The van der Waals surface area contributed by atoms with Gasteiger partial charge in [0.05, 0.1) is 17.3 Å². The second-order valence-electron chi connectivity index (χ2n) is 10.2. The van der Waals surface area contributed by atoms with E-state index in [4.69, 9.17) is 14.7 Å². The molecule has 2 N–H and O–H groups in total. The number of aliphatic hydroxyl groups is 1. The fourth-order valence-corrected chi connectivity index (χ4v) is 4.53. The third kappa shape index (κ3) is 5.61. The summed E-state index contributed by atoms with van der Waals surface area (Å²) in [5, 5.41) is 13.7. The molecule has 1 saturated carbocycles. The summed E-state index contributed by atoms with van der Waals surface area (Å²) in [6.45, 7) is 4.87. The molecule has 9 heteroatoms. The molecule has 186 valence electrons. The summed E-state index contributed by atoms with van der Waals surface area (Å²) in [5.74, 6) is 0.319. The van der Waals surface area contributed by atoms with Gasteiger partial charge in [-0.25, -0.2) is 18.7 Å². The Bertz CT molecular complexity index is 1200. The minimum absolute atomic E-state index is 0.0793. The Kier molecular flexibility index (Phi) is 6.44. The largest absolute Gasteiger partial charge is 0.487 e. The van der Waals surface area contributed by atoms with Gasteiger partial charge in [-0.15, -0.1) is 0 Å². The van der Waals surface area contributed by atoms with Gasteiger partial charge in [0, 0.05) is 50.2 Å². The molecule has 3 aromatic rings. The summed E-state index contributed by atoms with van der Waals surface area (Å²) in [6.07, 6.45) is 6.78. The normalized spacial score (nSPS) is 17.5. The number of piperidine rings is 1. The van der Waals surface area contributed by atoms with Crippen LogP contribution >= 0.6 is 0 Å². The van der Waals surface area contributed by atoms with Gasteiger partial charge in [-0.3, -0.25) is 4.98 Å². The van der Waals surface area contributed by atoms with E-state index >= 15 is 0 Å². The van der Waals surface area contributed by atoms with Crippen LogP contribution in [0.5, 0.6) is 5.75 Å². The first-order valence-corrected chi connectivity index (χ1v) is 12.3. The zero-order valence-electron chi connectivity index (χ0n) is 20.1. The lowest BCUT2D eigenvalue weighted by Gasteiger charge is -2.35. The Morgan fingerprint density at radius 2 is 1.86 bits per heavy atom. The second-order valence-corrected chi connectivity index (χ2v) is 10.2. The van der Waals surface area contributed by atoms with Crippen LogP contribution in [0.4, 0.5) is 20.4 Å². The van der Waals surface area contributed by atoms with Crippen molar-refractivity contribution < 1.29 is 18.6 Å². The Balaban J connectivity index is 1.35. The molecule has 1 aliphatic heterocycles. The molecule has 2 aliphatic rings. The smallest absolute Gasteiger partial charge is 0.172 e. The highest BCUT2D eigenvalue weighted by atomic mass is 19.1. The number of aromatic nitrogens is 3. The maximum atomic E-state index is 14.0. The number of nitrogens with one attached hydrogen (secondary N) is 1. The molecular formula is C26H31F2N5O2. The van der Waals surface area contributed by atoms with Crippen molar-refractivity contribution in [1.29, 1.82) is 0 Å². The fourth-order valence-electron chi connectivity index (χ4n) is 4.53. The topological polar surface area (TPSA) is 83.4 Å². The molecule has 0 bridgehead atoms. The Morgan fingerprint density at radius 3 is 2.51 bits per heavy atom. The lowest BCUT2D eigenvalue weighted by molar-refractivity contribution is 0.0800. The predicted molar refractivity (Wildman–Crippen MR) is 131 cm³/mol. The van der Waals surface area contributed by atoms with Crippen LogP contribution in [0, 0.1) is 11.6 Å². The van der Waals surface area contributed by atoms with Crippen molar-refractivity contribution in [2.24, 2.45) is 0 Å². The van der Waals surface area contributed by atoms with Crippen LogP contribution in [0.3, 0.4) is 0 Å². The lowest BCUT2D eigenvalue weighted by Crippen LogP contribution is -2.40. The van der Waals surface area contributed by atoms with Gasteiger partial charge in [-0.2, -0.15) is 0 Å². The SMILES string of the molecule is CC(C)(O)Cc1cc2nc(NC3CCC3)c(N3CCC(Oc4ccc(F)cc4F)CC3)nc2cn1. The van der Waals surface area contributed by atoms with Gasteiger partial charge in [-0.05, 0) is 51.3 Å². The number of rotatable bonds is 7. The van der Waals surface area contributed by atoms with Gasteiger partial charge in [0.1, 0.15) is 17.4 Å². The zero-order valence-corrected chi connectivity index (χ0v) is 20.1. The van der Waals surface area contributed by atoms with Gasteiger partial charge >= 0.3 is 0 Å². The van der Waals surface area contributed by atoms with Crippen LogP contribution < -0.4 is 15.0 Å². The summed E-state index contributed by atoms with van der Waals surface area (Å²) in [5.41, 5.74) is 1.36. The van der Waals surface area contributed by atoms with Crippen molar-refractivity contribution in [2.75, 3.05) is 23.3 Å². The highest BCUT2D eigenvalue weighted by Gasteiger charge is 2.27. The van der Waals surface area contributed by atoms with Crippen molar-refractivity contribution in [3.05, 3.63) is 47.8 Å². The standard InChI is InChI=1S/C26H31F2N5O2/c1-26(2,34)14-18-13-21-22(15-29-18)32-25(24(31-21)30-17-4-3-5-17)33-10-8-19(9-11-33)35-23-7-6-16(27)12-20(23)28/h6-7,12-13,15,17,19,34H,3-5,8-11,14H2,1-2H3,(H,30,31). The molecule has 5 rings (SSSR count). The third-order valence-electron chi connectivity index (χ3n) is 6.58. The average Bonchev–Trinajstić information content (AvgIpc) is 2.77. The van der Waals surface area contributed by atoms with E-state index in [1.165, 1.54) is 18.6 Å². The van der Waals surface area contributed by atoms with Crippen molar-refractivity contribution in [3.63, 3.8) is 0 Å². The molecule has 0 atom stereocenters. The molecule has 0 unspecified atom stereocenters. The van der Waals surface area contributed by atoms with Crippen molar-refractivity contribution in [2.45, 2.75) is 70.1 Å². The first-order valence-electron chi connectivity index (χ1n) is 12.3. The summed E-state index contributed by atoms with van der Waals surface area (Å²) in [7, 11) is 0. The number of pyridine rings is 1. The van der Waals surface area contributed by atoms with Gasteiger partial charge in [0.15, 0.2) is 23.2 Å². The highest BCUT2D eigenvalue weighted by molar-refractivity contribution is 5.80. The Labute approximate surface area is 203 Å². The Hall–Kier alpha value is -3.07. The van der Waals surface area contributed by atoms with Crippen molar-refractivity contribution in [3.8, 4) is 5.75 Å². The maximum Gasteiger partial charge on any atom is 0.172 e. The quantitative estimate of drug-likeness (QED) is 0.507. The number of anilines is 2. The first-order chi connectivity index (χ1) is 16.7. The number of halogens is 2. The molecule has 1 saturated heterocycles. The summed E-state index contributed by atoms with van der Waals surface area (Å²) in [4.78, 5) is 16.5. The number of nitrogens with zero attached hydrogens (tertiary/aromatic N) is 4.